The minimum absolute atomic E-state index is 0.445. The molecule has 0 spiro atoms. The summed E-state index contributed by atoms with van der Waals surface area (Å²) in [5.41, 5.74) is 0.816. The van der Waals surface area contributed by atoms with Gasteiger partial charge in [-0.3, -0.25) is 0 Å². The lowest BCUT2D eigenvalue weighted by molar-refractivity contribution is -0.0195. The molecule has 1 N–H and O–H groups in total. The Hall–Kier alpha value is -0.340. The summed E-state index contributed by atoms with van der Waals surface area (Å²) in [4.78, 5) is 0. The summed E-state index contributed by atoms with van der Waals surface area (Å²) >= 11 is 3.46. The molecule has 0 heterocycles. The fraction of sp³-hybridized carbons (Fsp3) is 0.625. The van der Waals surface area contributed by atoms with Crippen molar-refractivity contribution in [3.63, 3.8) is 0 Å². The fourth-order valence-corrected chi connectivity index (χ4v) is 3.76. The van der Waals surface area contributed by atoms with Crippen molar-refractivity contribution >= 4 is 15.9 Å². The molecule has 2 aliphatic rings. The lowest BCUT2D eigenvalue weighted by Gasteiger charge is -2.37. The van der Waals surface area contributed by atoms with Gasteiger partial charge in [0.05, 0.1) is 5.60 Å². The molecule has 1 nitrogen and oxygen atoms in total. The van der Waals surface area contributed by atoms with Crippen molar-refractivity contribution in [2.45, 2.75) is 50.5 Å². The Morgan fingerprint density at radius 1 is 1.11 bits per heavy atom. The minimum Gasteiger partial charge on any atom is -0.390 e. The second-order valence-corrected chi connectivity index (χ2v) is 7.14. The molecular formula is C16H21BrO. The molecule has 1 aromatic rings. The molecule has 3 rings (SSSR count). The van der Waals surface area contributed by atoms with Crippen LogP contribution in [-0.2, 0) is 6.42 Å². The van der Waals surface area contributed by atoms with Gasteiger partial charge < -0.3 is 5.11 Å². The van der Waals surface area contributed by atoms with Crippen LogP contribution < -0.4 is 0 Å². The summed E-state index contributed by atoms with van der Waals surface area (Å²) in [5, 5.41) is 10.8. The number of hydrogen-bond acceptors (Lipinski definition) is 1. The lowest BCUT2D eigenvalue weighted by Crippen LogP contribution is -2.38. The Bertz CT molecular complexity index is 410. The largest absolute Gasteiger partial charge is 0.390 e. The second-order valence-electron chi connectivity index (χ2n) is 6.22. The van der Waals surface area contributed by atoms with Crippen molar-refractivity contribution in [2.75, 3.05) is 0 Å². The quantitative estimate of drug-likeness (QED) is 0.881. The van der Waals surface area contributed by atoms with Gasteiger partial charge >= 0.3 is 0 Å². The van der Waals surface area contributed by atoms with Gasteiger partial charge in [-0.1, -0.05) is 34.5 Å². The third-order valence-electron chi connectivity index (χ3n) is 4.59. The average Bonchev–Trinajstić information content (AvgIpc) is 3.16. The van der Waals surface area contributed by atoms with Crippen LogP contribution in [0.4, 0.5) is 0 Å². The molecule has 2 heteroatoms. The van der Waals surface area contributed by atoms with E-state index in [1.165, 1.54) is 31.2 Å². The van der Waals surface area contributed by atoms with Gasteiger partial charge in [0.1, 0.15) is 0 Å². The Balaban J connectivity index is 1.67. The highest BCUT2D eigenvalue weighted by Gasteiger charge is 2.40. The van der Waals surface area contributed by atoms with E-state index < -0.39 is 5.60 Å². The minimum atomic E-state index is -0.445. The summed E-state index contributed by atoms with van der Waals surface area (Å²) in [6, 6.07) is 8.39. The first kappa shape index (κ1) is 12.7. The average molecular weight is 309 g/mol. The molecule has 2 saturated carbocycles. The molecule has 18 heavy (non-hydrogen) atoms. The summed E-state index contributed by atoms with van der Waals surface area (Å²) < 4.78 is 1.11. The fourth-order valence-electron chi connectivity index (χ4n) is 3.50. The monoisotopic (exact) mass is 308 g/mol. The molecule has 2 fully saturated rings. The SMILES string of the molecule is OC1(Cc2ccc(Br)cc2)CCCC(C2CC2)C1. The van der Waals surface area contributed by atoms with Gasteiger partial charge in [0, 0.05) is 10.9 Å². The number of rotatable bonds is 3. The maximum atomic E-state index is 10.8. The normalized spacial score (nSPS) is 32.4. The van der Waals surface area contributed by atoms with E-state index in [-0.39, 0.29) is 0 Å². The molecule has 0 saturated heterocycles. The predicted molar refractivity (Wildman–Crippen MR) is 77.5 cm³/mol. The highest BCUT2D eigenvalue weighted by Crippen LogP contribution is 2.47. The Morgan fingerprint density at radius 2 is 1.83 bits per heavy atom. The zero-order valence-electron chi connectivity index (χ0n) is 10.7. The molecule has 2 aliphatic carbocycles. The van der Waals surface area contributed by atoms with E-state index in [0.717, 1.165) is 35.6 Å². The van der Waals surface area contributed by atoms with Crippen molar-refractivity contribution in [1.82, 2.24) is 0 Å². The van der Waals surface area contributed by atoms with Gasteiger partial charge in [0.15, 0.2) is 0 Å². The Kier molecular flexibility index (Phi) is 3.50. The summed E-state index contributed by atoms with van der Waals surface area (Å²) in [5.74, 6) is 1.72. The molecule has 2 atom stereocenters. The maximum Gasteiger partial charge on any atom is 0.0690 e. The first-order chi connectivity index (χ1) is 8.65. The van der Waals surface area contributed by atoms with Crippen LogP contribution in [0.25, 0.3) is 0 Å². The Morgan fingerprint density at radius 3 is 2.50 bits per heavy atom. The van der Waals surface area contributed by atoms with Crippen LogP contribution in [0.15, 0.2) is 28.7 Å². The van der Waals surface area contributed by atoms with Gasteiger partial charge in [0.2, 0.25) is 0 Å². The number of halogens is 1. The molecule has 0 aromatic heterocycles. The molecule has 0 amide bonds. The van der Waals surface area contributed by atoms with Crippen LogP contribution in [-0.4, -0.2) is 10.7 Å². The highest BCUT2D eigenvalue weighted by atomic mass is 79.9. The van der Waals surface area contributed by atoms with E-state index in [1.54, 1.807) is 0 Å². The van der Waals surface area contributed by atoms with Crippen molar-refractivity contribution in [2.24, 2.45) is 11.8 Å². The highest BCUT2D eigenvalue weighted by molar-refractivity contribution is 9.10. The van der Waals surface area contributed by atoms with E-state index in [0.29, 0.717) is 0 Å². The Labute approximate surface area is 118 Å². The molecule has 0 radical (unpaired) electrons. The van der Waals surface area contributed by atoms with E-state index in [1.807, 2.05) is 0 Å². The van der Waals surface area contributed by atoms with Gasteiger partial charge in [0.25, 0.3) is 0 Å². The first-order valence-corrected chi connectivity index (χ1v) is 7.91. The van der Waals surface area contributed by atoms with Crippen molar-refractivity contribution < 1.29 is 5.11 Å². The van der Waals surface area contributed by atoms with Crippen LogP contribution in [0, 0.1) is 11.8 Å². The van der Waals surface area contributed by atoms with Crippen molar-refractivity contribution in [3.05, 3.63) is 34.3 Å². The van der Waals surface area contributed by atoms with Crippen LogP contribution in [0.2, 0.25) is 0 Å². The zero-order chi connectivity index (χ0) is 12.6. The molecule has 2 unspecified atom stereocenters. The predicted octanol–water partition coefficient (Wildman–Crippen LogP) is 4.32. The number of benzene rings is 1. The van der Waals surface area contributed by atoms with E-state index >= 15 is 0 Å². The summed E-state index contributed by atoms with van der Waals surface area (Å²) in [6.07, 6.45) is 8.17. The van der Waals surface area contributed by atoms with E-state index in [4.69, 9.17) is 0 Å². The standard InChI is InChI=1S/C16H21BrO/c17-15-7-3-12(4-8-15)10-16(18)9-1-2-14(11-16)13-5-6-13/h3-4,7-8,13-14,18H,1-2,5-6,9-11H2. The van der Waals surface area contributed by atoms with Gasteiger partial charge in [-0.2, -0.15) is 0 Å². The van der Waals surface area contributed by atoms with E-state index in [9.17, 15) is 5.11 Å². The zero-order valence-corrected chi connectivity index (χ0v) is 12.3. The number of hydrogen-bond donors (Lipinski definition) is 1. The van der Waals surface area contributed by atoms with Crippen LogP contribution in [0.1, 0.15) is 44.1 Å². The van der Waals surface area contributed by atoms with Gasteiger partial charge in [-0.05, 0) is 61.6 Å². The molecular weight excluding hydrogens is 288 g/mol. The molecule has 1 aromatic carbocycles. The summed E-state index contributed by atoms with van der Waals surface area (Å²) in [6.45, 7) is 0. The second kappa shape index (κ2) is 4.97. The smallest absolute Gasteiger partial charge is 0.0690 e. The number of aliphatic hydroxyl groups is 1. The lowest BCUT2D eigenvalue weighted by atomic mass is 9.73. The van der Waals surface area contributed by atoms with E-state index in [2.05, 4.69) is 40.2 Å². The molecule has 0 aliphatic heterocycles. The maximum absolute atomic E-state index is 10.8. The van der Waals surface area contributed by atoms with Crippen molar-refractivity contribution in [3.8, 4) is 0 Å². The topological polar surface area (TPSA) is 20.2 Å². The van der Waals surface area contributed by atoms with Gasteiger partial charge in [-0.15, -0.1) is 0 Å². The third-order valence-corrected chi connectivity index (χ3v) is 5.12. The van der Waals surface area contributed by atoms with Crippen molar-refractivity contribution in [1.29, 1.82) is 0 Å². The molecule has 98 valence electrons. The van der Waals surface area contributed by atoms with Crippen LogP contribution in [0.5, 0.6) is 0 Å². The first-order valence-electron chi connectivity index (χ1n) is 7.11. The van der Waals surface area contributed by atoms with Crippen LogP contribution in [0.3, 0.4) is 0 Å². The van der Waals surface area contributed by atoms with Gasteiger partial charge in [-0.25, -0.2) is 0 Å². The third kappa shape index (κ3) is 2.97. The van der Waals surface area contributed by atoms with Crippen LogP contribution >= 0.6 is 15.9 Å². The summed E-state index contributed by atoms with van der Waals surface area (Å²) in [7, 11) is 0. The molecule has 0 bridgehead atoms.